The van der Waals surface area contributed by atoms with Crippen LogP contribution in [0.2, 0.25) is 0 Å². The number of nitrogens with one attached hydrogen (secondary N) is 1. The Labute approximate surface area is 129 Å². The molecule has 0 aliphatic rings. The Morgan fingerprint density at radius 3 is 2.59 bits per heavy atom. The van der Waals surface area contributed by atoms with E-state index in [1.165, 1.54) is 0 Å². The van der Waals surface area contributed by atoms with Gasteiger partial charge in [-0.2, -0.15) is 0 Å². The Hall–Kier alpha value is -2.62. The molecule has 3 rings (SSSR count). The second-order valence-electron chi connectivity index (χ2n) is 5.60. The molecule has 1 aromatic carbocycles. The number of carbonyl (C=O) groups excluding carboxylic acids is 1. The highest BCUT2D eigenvalue weighted by atomic mass is 16.1. The number of benzene rings is 1. The molecular weight excluding hydrogens is 274 g/mol. The second kappa shape index (κ2) is 6.02. The number of hydrogen-bond acceptors (Lipinski definition) is 2. The summed E-state index contributed by atoms with van der Waals surface area (Å²) in [5.41, 5.74) is 3.34. The molecule has 3 aromatic rings. The third kappa shape index (κ3) is 2.72. The molecule has 0 saturated heterocycles. The number of nitrogens with zero attached hydrogens (tertiary/aromatic N) is 2. The van der Waals surface area contributed by atoms with Crippen molar-refractivity contribution >= 4 is 11.6 Å². The van der Waals surface area contributed by atoms with Gasteiger partial charge in [0.25, 0.3) is 5.91 Å². The number of imidazole rings is 1. The van der Waals surface area contributed by atoms with Gasteiger partial charge in [0.15, 0.2) is 0 Å². The maximum absolute atomic E-state index is 12.6. The predicted molar refractivity (Wildman–Crippen MR) is 86.9 cm³/mol. The zero-order chi connectivity index (χ0) is 15.5. The molecule has 1 amide bonds. The first-order valence-electron chi connectivity index (χ1n) is 7.46. The van der Waals surface area contributed by atoms with Crippen LogP contribution in [0.15, 0.2) is 54.7 Å². The molecule has 2 heterocycles. The number of rotatable bonds is 4. The molecule has 4 nitrogen and oxygen atoms in total. The lowest BCUT2D eigenvalue weighted by atomic mass is 10.1. The van der Waals surface area contributed by atoms with Gasteiger partial charge in [-0.05, 0) is 23.6 Å². The quantitative estimate of drug-likeness (QED) is 0.801. The average Bonchev–Trinajstić information content (AvgIpc) is 2.93. The SMILES string of the molecule is CC(C)c1nc2ccccn2c1C(=O)NCc1ccccc1. The van der Waals surface area contributed by atoms with Gasteiger partial charge >= 0.3 is 0 Å². The Kier molecular flexibility index (Phi) is 3.92. The Morgan fingerprint density at radius 1 is 1.14 bits per heavy atom. The molecule has 0 fully saturated rings. The van der Waals surface area contributed by atoms with Crippen LogP contribution in [0.5, 0.6) is 0 Å². The first-order chi connectivity index (χ1) is 10.7. The first-order valence-corrected chi connectivity index (χ1v) is 7.46. The van der Waals surface area contributed by atoms with E-state index in [4.69, 9.17) is 0 Å². The van der Waals surface area contributed by atoms with Crippen molar-refractivity contribution < 1.29 is 4.79 Å². The van der Waals surface area contributed by atoms with E-state index in [9.17, 15) is 4.79 Å². The van der Waals surface area contributed by atoms with Gasteiger partial charge in [0, 0.05) is 12.7 Å². The average molecular weight is 293 g/mol. The van der Waals surface area contributed by atoms with Gasteiger partial charge in [0.1, 0.15) is 11.3 Å². The van der Waals surface area contributed by atoms with Gasteiger partial charge in [-0.1, -0.05) is 50.2 Å². The summed E-state index contributed by atoms with van der Waals surface area (Å²) in [6.07, 6.45) is 1.88. The Morgan fingerprint density at radius 2 is 1.86 bits per heavy atom. The molecule has 0 atom stereocenters. The summed E-state index contributed by atoms with van der Waals surface area (Å²) < 4.78 is 1.86. The number of aromatic nitrogens is 2. The summed E-state index contributed by atoms with van der Waals surface area (Å²) in [6.45, 7) is 4.61. The monoisotopic (exact) mass is 293 g/mol. The van der Waals surface area contributed by atoms with Gasteiger partial charge in [0.05, 0.1) is 5.69 Å². The van der Waals surface area contributed by atoms with Crippen LogP contribution in [-0.4, -0.2) is 15.3 Å². The van der Waals surface area contributed by atoms with E-state index in [0.717, 1.165) is 16.9 Å². The van der Waals surface area contributed by atoms with Crippen LogP contribution < -0.4 is 5.32 Å². The molecule has 0 aliphatic heterocycles. The van der Waals surface area contributed by atoms with Crippen LogP contribution in [-0.2, 0) is 6.54 Å². The minimum Gasteiger partial charge on any atom is -0.347 e. The molecule has 22 heavy (non-hydrogen) atoms. The van der Waals surface area contributed by atoms with Crippen LogP contribution in [0.4, 0.5) is 0 Å². The van der Waals surface area contributed by atoms with E-state index in [1.54, 1.807) is 0 Å². The van der Waals surface area contributed by atoms with Crippen LogP contribution in [0.25, 0.3) is 5.65 Å². The second-order valence-corrected chi connectivity index (χ2v) is 5.60. The molecule has 0 saturated carbocycles. The van der Waals surface area contributed by atoms with E-state index in [1.807, 2.05) is 59.1 Å². The Balaban J connectivity index is 1.91. The fourth-order valence-corrected chi connectivity index (χ4v) is 2.50. The number of amides is 1. The van der Waals surface area contributed by atoms with E-state index in [0.29, 0.717) is 12.2 Å². The highest BCUT2D eigenvalue weighted by molar-refractivity contribution is 5.94. The normalized spacial score (nSPS) is 11.0. The van der Waals surface area contributed by atoms with E-state index in [2.05, 4.69) is 24.1 Å². The van der Waals surface area contributed by atoms with Gasteiger partial charge in [-0.15, -0.1) is 0 Å². The summed E-state index contributed by atoms with van der Waals surface area (Å²) in [5, 5.41) is 2.99. The lowest BCUT2D eigenvalue weighted by molar-refractivity contribution is 0.0943. The smallest absolute Gasteiger partial charge is 0.270 e. The summed E-state index contributed by atoms with van der Waals surface area (Å²) in [4.78, 5) is 17.2. The minimum absolute atomic E-state index is 0.0914. The highest BCUT2D eigenvalue weighted by Gasteiger charge is 2.20. The van der Waals surface area contributed by atoms with Crippen molar-refractivity contribution in [3.05, 3.63) is 71.7 Å². The molecule has 0 radical (unpaired) electrons. The summed E-state index contributed by atoms with van der Waals surface area (Å²) >= 11 is 0. The molecule has 0 bridgehead atoms. The van der Waals surface area contributed by atoms with Crippen molar-refractivity contribution in [2.24, 2.45) is 0 Å². The van der Waals surface area contributed by atoms with Gasteiger partial charge in [0.2, 0.25) is 0 Å². The van der Waals surface area contributed by atoms with Gasteiger partial charge in [-0.3, -0.25) is 9.20 Å². The van der Waals surface area contributed by atoms with Crippen LogP contribution >= 0.6 is 0 Å². The topological polar surface area (TPSA) is 46.4 Å². The number of pyridine rings is 1. The van der Waals surface area contributed by atoms with Crippen molar-refractivity contribution in [2.45, 2.75) is 26.3 Å². The third-order valence-corrected chi connectivity index (χ3v) is 3.61. The lowest BCUT2D eigenvalue weighted by Gasteiger charge is -2.08. The van der Waals surface area contributed by atoms with E-state index in [-0.39, 0.29) is 11.8 Å². The van der Waals surface area contributed by atoms with Crippen molar-refractivity contribution in [2.75, 3.05) is 0 Å². The molecule has 0 unspecified atom stereocenters. The number of hydrogen-bond donors (Lipinski definition) is 1. The van der Waals surface area contributed by atoms with E-state index >= 15 is 0 Å². The molecule has 112 valence electrons. The summed E-state index contributed by atoms with van der Waals surface area (Å²) in [5.74, 6) is 0.101. The molecule has 0 spiro atoms. The first kappa shape index (κ1) is 14.3. The van der Waals surface area contributed by atoms with Crippen LogP contribution in [0.3, 0.4) is 0 Å². The Bertz CT molecular complexity index is 790. The van der Waals surface area contributed by atoms with Crippen molar-refractivity contribution in [3.63, 3.8) is 0 Å². The highest BCUT2D eigenvalue weighted by Crippen LogP contribution is 2.20. The van der Waals surface area contributed by atoms with Gasteiger partial charge in [-0.25, -0.2) is 4.98 Å². The fourth-order valence-electron chi connectivity index (χ4n) is 2.50. The lowest BCUT2D eigenvalue weighted by Crippen LogP contribution is -2.25. The molecular formula is C18H19N3O. The number of fused-ring (bicyclic) bond motifs is 1. The number of carbonyl (C=O) groups is 1. The zero-order valence-corrected chi connectivity index (χ0v) is 12.8. The molecule has 1 N–H and O–H groups in total. The van der Waals surface area contributed by atoms with Crippen molar-refractivity contribution in [1.29, 1.82) is 0 Å². The summed E-state index contributed by atoms with van der Waals surface area (Å²) in [7, 11) is 0. The van der Waals surface area contributed by atoms with Gasteiger partial charge < -0.3 is 5.32 Å². The minimum atomic E-state index is -0.0914. The molecule has 4 heteroatoms. The largest absolute Gasteiger partial charge is 0.347 e. The third-order valence-electron chi connectivity index (χ3n) is 3.61. The maximum atomic E-state index is 12.6. The van der Waals surface area contributed by atoms with E-state index < -0.39 is 0 Å². The fraction of sp³-hybridized carbons (Fsp3) is 0.222. The van der Waals surface area contributed by atoms with Crippen LogP contribution in [0.1, 0.15) is 41.5 Å². The molecule has 2 aromatic heterocycles. The summed E-state index contributed by atoms with van der Waals surface area (Å²) in [6, 6.07) is 15.7. The zero-order valence-electron chi connectivity index (χ0n) is 12.8. The van der Waals surface area contributed by atoms with Crippen LogP contribution in [0, 0.1) is 0 Å². The predicted octanol–water partition coefficient (Wildman–Crippen LogP) is 3.39. The van der Waals surface area contributed by atoms with Crippen molar-refractivity contribution in [3.8, 4) is 0 Å². The maximum Gasteiger partial charge on any atom is 0.270 e. The standard InChI is InChI=1S/C18H19N3O/c1-13(2)16-17(21-11-7-6-10-15(21)20-16)18(22)19-12-14-8-4-3-5-9-14/h3-11,13H,12H2,1-2H3,(H,19,22). The molecule has 0 aliphatic carbocycles. The van der Waals surface area contributed by atoms with Crippen molar-refractivity contribution in [1.82, 2.24) is 14.7 Å².